The van der Waals surface area contributed by atoms with Gasteiger partial charge >= 0.3 is 0 Å². The van der Waals surface area contributed by atoms with Crippen LogP contribution in [0.2, 0.25) is 0 Å². The SMILES string of the molecule is Cc1cc(Oc2snc3ccccc23)c(F)cc1N. The maximum absolute atomic E-state index is 13.8. The van der Waals surface area contributed by atoms with Crippen LogP contribution in [0.15, 0.2) is 36.4 Å². The number of aryl methyl sites for hydroxylation is 1. The number of aromatic nitrogens is 1. The van der Waals surface area contributed by atoms with Gasteiger partial charge in [-0.1, -0.05) is 12.1 Å². The van der Waals surface area contributed by atoms with E-state index in [0.717, 1.165) is 16.5 Å². The summed E-state index contributed by atoms with van der Waals surface area (Å²) < 4.78 is 23.7. The molecule has 0 fully saturated rings. The van der Waals surface area contributed by atoms with E-state index in [4.69, 9.17) is 10.5 Å². The third kappa shape index (κ3) is 2.13. The molecule has 0 aliphatic heterocycles. The molecule has 2 aromatic carbocycles. The highest BCUT2D eigenvalue weighted by Crippen LogP contribution is 2.35. The van der Waals surface area contributed by atoms with Gasteiger partial charge in [-0.15, -0.1) is 0 Å². The molecule has 5 heteroatoms. The Morgan fingerprint density at radius 1 is 1.26 bits per heavy atom. The maximum Gasteiger partial charge on any atom is 0.208 e. The Morgan fingerprint density at radius 3 is 2.89 bits per heavy atom. The second kappa shape index (κ2) is 4.51. The summed E-state index contributed by atoms with van der Waals surface area (Å²) in [5.74, 6) is -0.304. The molecule has 0 unspecified atom stereocenters. The van der Waals surface area contributed by atoms with E-state index in [1.807, 2.05) is 31.2 Å². The van der Waals surface area contributed by atoms with E-state index < -0.39 is 5.82 Å². The first-order valence-electron chi connectivity index (χ1n) is 5.73. The average molecular weight is 274 g/mol. The van der Waals surface area contributed by atoms with Crippen LogP contribution in [0.5, 0.6) is 10.8 Å². The molecule has 1 heterocycles. The van der Waals surface area contributed by atoms with Gasteiger partial charge in [0.25, 0.3) is 0 Å². The van der Waals surface area contributed by atoms with Crippen molar-refractivity contribution >= 4 is 28.1 Å². The number of nitrogens with two attached hydrogens (primary N) is 1. The molecule has 0 radical (unpaired) electrons. The second-order valence-corrected chi connectivity index (χ2v) is 4.96. The Hall–Kier alpha value is -2.14. The van der Waals surface area contributed by atoms with E-state index in [2.05, 4.69) is 4.37 Å². The second-order valence-electron chi connectivity index (χ2n) is 4.23. The lowest BCUT2D eigenvalue weighted by molar-refractivity contribution is 0.456. The van der Waals surface area contributed by atoms with Crippen LogP contribution in [0.25, 0.3) is 10.9 Å². The third-order valence-electron chi connectivity index (χ3n) is 2.87. The first-order valence-corrected chi connectivity index (χ1v) is 6.50. The molecule has 96 valence electrons. The fourth-order valence-corrected chi connectivity index (χ4v) is 2.53. The molecule has 3 nitrogen and oxygen atoms in total. The van der Waals surface area contributed by atoms with Crippen molar-refractivity contribution in [2.45, 2.75) is 6.92 Å². The number of nitrogen functional groups attached to an aromatic ring is 1. The number of nitrogens with zero attached hydrogens (tertiary/aromatic N) is 1. The summed E-state index contributed by atoms with van der Waals surface area (Å²) in [5.41, 5.74) is 7.69. The largest absolute Gasteiger partial charge is 0.441 e. The summed E-state index contributed by atoms with van der Waals surface area (Å²) in [7, 11) is 0. The number of fused-ring (bicyclic) bond motifs is 1. The monoisotopic (exact) mass is 274 g/mol. The summed E-state index contributed by atoms with van der Waals surface area (Å²) in [4.78, 5) is 0. The first kappa shape index (κ1) is 11.9. The number of anilines is 1. The average Bonchev–Trinajstić information content (AvgIpc) is 2.80. The topological polar surface area (TPSA) is 48.1 Å². The number of rotatable bonds is 2. The van der Waals surface area contributed by atoms with E-state index >= 15 is 0 Å². The Kier molecular flexibility index (Phi) is 2.83. The molecule has 1 aromatic heterocycles. The van der Waals surface area contributed by atoms with Gasteiger partial charge in [-0.2, -0.15) is 4.37 Å². The predicted octanol–water partition coefficient (Wildman–Crippen LogP) is 4.12. The molecular formula is C14H11FN2OS. The van der Waals surface area contributed by atoms with Crippen LogP contribution in [0.4, 0.5) is 10.1 Å². The van der Waals surface area contributed by atoms with Crippen LogP contribution >= 0.6 is 11.5 Å². The molecule has 0 aliphatic rings. The van der Waals surface area contributed by atoms with Crippen LogP contribution in [-0.2, 0) is 0 Å². The maximum atomic E-state index is 13.8. The van der Waals surface area contributed by atoms with E-state index in [1.165, 1.54) is 17.6 Å². The summed E-state index contributed by atoms with van der Waals surface area (Å²) in [6.07, 6.45) is 0. The summed E-state index contributed by atoms with van der Waals surface area (Å²) in [6, 6.07) is 10.5. The van der Waals surface area contributed by atoms with Crippen LogP contribution in [-0.4, -0.2) is 4.37 Å². The van der Waals surface area contributed by atoms with Crippen molar-refractivity contribution in [3.05, 3.63) is 47.8 Å². The highest BCUT2D eigenvalue weighted by Gasteiger charge is 2.12. The van der Waals surface area contributed by atoms with Gasteiger partial charge in [-0.25, -0.2) is 4.39 Å². The van der Waals surface area contributed by atoms with Crippen LogP contribution in [0.3, 0.4) is 0 Å². The Labute approximate surface area is 113 Å². The lowest BCUT2D eigenvalue weighted by Gasteiger charge is -2.07. The quantitative estimate of drug-likeness (QED) is 0.715. The van der Waals surface area contributed by atoms with Crippen molar-refractivity contribution in [3.63, 3.8) is 0 Å². The number of benzene rings is 2. The van der Waals surface area contributed by atoms with Crippen molar-refractivity contribution in [1.29, 1.82) is 0 Å². The molecular weight excluding hydrogens is 263 g/mol. The molecule has 0 saturated heterocycles. The molecule has 3 aromatic rings. The lowest BCUT2D eigenvalue weighted by Crippen LogP contribution is -1.94. The van der Waals surface area contributed by atoms with Crippen molar-refractivity contribution < 1.29 is 9.13 Å². The zero-order valence-electron chi connectivity index (χ0n) is 10.2. The molecule has 0 amide bonds. The van der Waals surface area contributed by atoms with Gasteiger partial charge in [-0.05, 0) is 30.7 Å². The van der Waals surface area contributed by atoms with Gasteiger partial charge in [0.1, 0.15) is 0 Å². The lowest BCUT2D eigenvalue weighted by atomic mass is 10.2. The normalized spacial score (nSPS) is 10.8. The highest BCUT2D eigenvalue weighted by atomic mass is 32.1. The van der Waals surface area contributed by atoms with Gasteiger partial charge in [0, 0.05) is 23.3 Å². The Morgan fingerprint density at radius 2 is 2.05 bits per heavy atom. The molecule has 3 rings (SSSR count). The number of ether oxygens (including phenoxy) is 1. The van der Waals surface area contributed by atoms with Crippen molar-refractivity contribution in [2.24, 2.45) is 0 Å². The molecule has 0 aliphatic carbocycles. The minimum atomic E-state index is -0.472. The smallest absolute Gasteiger partial charge is 0.208 e. The molecule has 0 atom stereocenters. The summed E-state index contributed by atoms with van der Waals surface area (Å²) in [6.45, 7) is 1.81. The molecule has 0 spiro atoms. The van der Waals surface area contributed by atoms with Crippen LogP contribution in [0.1, 0.15) is 5.56 Å². The Bertz CT molecular complexity index is 754. The molecule has 0 saturated carbocycles. The van der Waals surface area contributed by atoms with Crippen molar-refractivity contribution in [1.82, 2.24) is 4.37 Å². The van der Waals surface area contributed by atoms with E-state index in [1.54, 1.807) is 6.07 Å². The minimum Gasteiger partial charge on any atom is -0.441 e. The summed E-state index contributed by atoms with van der Waals surface area (Å²) in [5, 5.41) is 1.46. The zero-order chi connectivity index (χ0) is 13.4. The van der Waals surface area contributed by atoms with Crippen molar-refractivity contribution in [3.8, 4) is 10.8 Å². The van der Waals surface area contributed by atoms with E-state index in [0.29, 0.717) is 10.8 Å². The minimum absolute atomic E-state index is 0.168. The predicted molar refractivity (Wildman–Crippen MR) is 75.2 cm³/mol. The third-order valence-corrected chi connectivity index (χ3v) is 3.63. The number of hydrogen-bond acceptors (Lipinski definition) is 4. The van der Waals surface area contributed by atoms with E-state index in [9.17, 15) is 4.39 Å². The van der Waals surface area contributed by atoms with Crippen LogP contribution in [0, 0.1) is 12.7 Å². The molecule has 0 bridgehead atoms. The summed E-state index contributed by atoms with van der Waals surface area (Å²) >= 11 is 1.21. The Balaban J connectivity index is 2.04. The number of halogens is 1. The van der Waals surface area contributed by atoms with Crippen LogP contribution < -0.4 is 10.5 Å². The van der Waals surface area contributed by atoms with Gasteiger partial charge in [0.15, 0.2) is 11.6 Å². The van der Waals surface area contributed by atoms with Gasteiger partial charge in [0.05, 0.1) is 10.9 Å². The first-order chi connectivity index (χ1) is 9.15. The van der Waals surface area contributed by atoms with Gasteiger partial charge < -0.3 is 10.5 Å². The fraction of sp³-hybridized carbons (Fsp3) is 0.0714. The van der Waals surface area contributed by atoms with E-state index in [-0.39, 0.29) is 5.75 Å². The number of hydrogen-bond donors (Lipinski definition) is 1. The van der Waals surface area contributed by atoms with Crippen molar-refractivity contribution in [2.75, 3.05) is 5.73 Å². The highest BCUT2D eigenvalue weighted by molar-refractivity contribution is 7.09. The standard InChI is InChI=1S/C14H11FN2OS/c1-8-6-13(10(15)7-11(8)16)18-14-9-4-2-3-5-12(9)17-19-14/h2-7H,16H2,1H3. The zero-order valence-corrected chi connectivity index (χ0v) is 11.0. The fourth-order valence-electron chi connectivity index (χ4n) is 1.79. The van der Waals surface area contributed by atoms with Gasteiger partial charge in [-0.3, -0.25) is 0 Å². The van der Waals surface area contributed by atoms with Gasteiger partial charge in [0.2, 0.25) is 5.06 Å². The molecule has 19 heavy (non-hydrogen) atoms. The molecule has 2 N–H and O–H groups in total.